The number of ether oxygens (including phenoxy) is 3. The Morgan fingerprint density at radius 2 is 2.12 bits per heavy atom. The molecule has 1 aliphatic heterocycles. The Morgan fingerprint density at radius 3 is 2.77 bits per heavy atom. The number of benzene rings is 1. The highest BCUT2D eigenvalue weighted by molar-refractivity contribution is 6.01. The molecule has 1 amide bonds. The molecule has 0 bridgehead atoms. The van der Waals surface area contributed by atoms with Crippen molar-refractivity contribution in [1.29, 1.82) is 0 Å². The predicted molar refractivity (Wildman–Crippen MR) is 93.4 cm³/mol. The van der Waals surface area contributed by atoms with E-state index in [1.165, 1.54) is 4.90 Å². The number of nitrogens with zero attached hydrogens (tertiary/aromatic N) is 1. The van der Waals surface area contributed by atoms with Crippen LogP contribution in [0.3, 0.4) is 0 Å². The lowest BCUT2D eigenvalue weighted by atomic mass is 10.1. The van der Waals surface area contributed by atoms with Crippen molar-refractivity contribution < 1.29 is 34.0 Å². The third-order valence-corrected chi connectivity index (χ3v) is 4.33. The number of hydrogen-bond donors (Lipinski definition) is 2. The number of para-hydroxylation sites is 2. The fourth-order valence-corrected chi connectivity index (χ4v) is 2.51. The van der Waals surface area contributed by atoms with E-state index in [9.17, 15) is 14.7 Å². The van der Waals surface area contributed by atoms with Crippen LogP contribution in [-0.4, -0.2) is 66.8 Å². The van der Waals surface area contributed by atoms with Crippen LogP contribution in [0.2, 0.25) is 0 Å². The summed E-state index contributed by atoms with van der Waals surface area (Å²) < 4.78 is 16.3. The lowest BCUT2D eigenvalue weighted by molar-refractivity contribution is -0.163. The van der Waals surface area contributed by atoms with Gasteiger partial charge in [0.1, 0.15) is 5.75 Å². The summed E-state index contributed by atoms with van der Waals surface area (Å²) in [7, 11) is 1.63. The second kappa shape index (κ2) is 8.48. The number of aliphatic hydroxyl groups is 1. The lowest BCUT2D eigenvalue weighted by Gasteiger charge is -2.34. The van der Waals surface area contributed by atoms with Gasteiger partial charge in [-0.3, -0.25) is 4.79 Å². The van der Waals surface area contributed by atoms with E-state index in [-0.39, 0.29) is 18.8 Å². The molecule has 144 valence electrons. The van der Waals surface area contributed by atoms with Crippen LogP contribution in [0.25, 0.3) is 0 Å². The molecule has 1 heterocycles. The monoisotopic (exact) mass is 367 g/mol. The SMILES string of the molecule is COC(C)(C)CCOc1ccccc1N1CCO[C@H]([C@@H](O)C(=O)O)C1=O. The van der Waals surface area contributed by atoms with Gasteiger partial charge in [0.15, 0.2) is 12.2 Å². The summed E-state index contributed by atoms with van der Waals surface area (Å²) in [5, 5.41) is 18.6. The number of methoxy groups -OCH3 is 1. The number of aliphatic hydroxyl groups excluding tert-OH is 1. The molecular weight excluding hydrogens is 342 g/mol. The first kappa shape index (κ1) is 20.2. The summed E-state index contributed by atoms with van der Waals surface area (Å²) >= 11 is 0. The molecule has 0 unspecified atom stereocenters. The largest absolute Gasteiger partial charge is 0.491 e. The number of carboxylic acid groups (broad SMARTS) is 1. The summed E-state index contributed by atoms with van der Waals surface area (Å²) in [6, 6.07) is 6.99. The van der Waals surface area contributed by atoms with Gasteiger partial charge in [-0.1, -0.05) is 12.1 Å². The summed E-state index contributed by atoms with van der Waals surface area (Å²) in [6.07, 6.45) is -2.71. The van der Waals surface area contributed by atoms with Crippen LogP contribution in [0.15, 0.2) is 24.3 Å². The molecule has 0 radical (unpaired) electrons. The molecule has 1 aromatic rings. The number of hydrogen-bond acceptors (Lipinski definition) is 6. The van der Waals surface area contributed by atoms with Gasteiger partial charge in [0.2, 0.25) is 0 Å². The zero-order valence-electron chi connectivity index (χ0n) is 15.2. The van der Waals surface area contributed by atoms with Gasteiger partial charge in [-0.25, -0.2) is 4.79 Å². The first-order valence-electron chi connectivity index (χ1n) is 8.37. The zero-order valence-corrected chi connectivity index (χ0v) is 15.2. The summed E-state index contributed by atoms with van der Waals surface area (Å²) in [5.41, 5.74) is 0.180. The van der Waals surface area contributed by atoms with Gasteiger partial charge >= 0.3 is 5.97 Å². The van der Waals surface area contributed by atoms with Gasteiger partial charge in [-0.15, -0.1) is 0 Å². The minimum atomic E-state index is -1.92. The average molecular weight is 367 g/mol. The quantitative estimate of drug-likeness (QED) is 0.708. The minimum Gasteiger partial charge on any atom is -0.491 e. The standard InChI is InChI=1S/C18H25NO7/c1-18(2,24-3)8-10-25-13-7-5-4-6-12(13)19-9-11-26-15(16(19)21)14(20)17(22)23/h4-7,14-15,20H,8-11H2,1-3H3,(H,22,23)/t14-,15-/m1/s1. The zero-order chi connectivity index (χ0) is 19.3. The molecule has 0 aromatic heterocycles. The first-order chi connectivity index (χ1) is 12.3. The van der Waals surface area contributed by atoms with E-state index in [4.69, 9.17) is 19.3 Å². The maximum Gasteiger partial charge on any atom is 0.335 e. The third-order valence-electron chi connectivity index (χ3n) is 4.33. The number of carbonyl (C=O) groups is 2. The number of carboxylic acids is 1. The number of anilines is 1. The van der Waals surface area contributed by atoms with Gasteiger partial charge in [-0.05, 0) is 26.0 Å². The van der Waals surface area contributed by atoms with Crippen molar-refractivity contribution in [3.05, 3.63) is 24.3 Å². The van der Waals surface area contributed by atoms with Crippen molar-refractivity contribution in [1.82, 2.24) is 0 Å². The summed E-state index contributed by atoms with van der Waals surface area (Å²) in [4.78, 5) is 25.0. The Morgan fingerprint density at radius 1 is 1.42 bits per heavy atom. The molecule has 1 aromatic carbocycles. The van der Waals surface area contributed by atoms with E-state index < -0.39 is 24.1 Å². The van der Waals surface area contributed by atoms with Gasteiger partial charge in [0.05, 0.1) is 24.5 Å². The highest BCUT2D eigenvalue weighted by atomic mass is 16.5. The van der Waals surface area contributed by atoms with Crippen LogP contribution >= 0.6 is 0 Å². The maximum absolute atomic E-state index is 12.6. The molecule has 8 nitrogen and oxygen atoms in total. The number of morpholine rings is 1. The molecule has 2 rings (SSSR count). The van der Waals surface area contributed by atoms with Crippen LogP contribution < -0.4 is 9.64 Å². The van der Waals surface area contributed by atoms with Crippen molar-refractivity contribution in [2.75, 3.05) is 31.8 Å². The molecule has 0 saturated carbocycles. The van der Waals surface area contributed by atoms with E-state index in [1.807, 2.05) is 13.8 Å². The highest BCUT2D eigenvalue weighted by Crippen LogP contribution is 2.31. The van der Waals surface area contributed by atoms with Crippen LogP contribution in [0, 0.1) is 0 Å². The maximum atomic E-state index is 12.6. The molecule has 1 aliphatic rings. The Labute approximate surface area is 152 Å². The number of carbonyl (C=O) groups excluding carboxylic acids is 1. The van der Waals surface area contributed by atoms with Gasteiger partial charge in [0, 0.05) is 20.1 Å². The minimum absolute atomic E-state index is 0.117. The molecule has 8 heteroatoms. The summed E-state index contributed by atoms with van der Waals surface area (Å²) in [5.74, 6) is -1.62. The molecule has 0 aliphatic carbocycles. The van der Waals surface area contributed by atoms with Gasteiger partial charge in [-0.2, -0.15) is 0 Å². The van der Waals surface area contributed by atoms with E-state index >= 15 is 0 Å². The summed E-state index contributed by atoms with van der Waals surface area (Å²) in [6.45, 7) is 4.65. The topological polar surface area (TPSA) is 106 Å². The fourth-order valence-electron chi connectivity index (χ4n) is 2.51. The Kier molecular flexibility index (Phi) is 6.57. The normalized spacial score (nSPS) is 19.3. The molecule has 2 N–H and O–H groups in total. The highest BCUT2D eigenvalue weighted by Gasteiger charge is 2.40. The van der Waals surface area contributed by atoms with Crippen LogP contribution in [0.4, 0.5) is 5.69 Å². The molecule has 2 atom stereocenters. The van der Waals surface area contributed by atoms with Crippen LogP contribution in [-0.2, 0) is 19.1 Å². The lowest BCUT2D eigenvalue weighted by Crippen LogP contribution is -2.54. The molecule has 1 saturated heterocycles. The molecular formula is C18H25NO7. The second-order valence-corrected chi connectivity index (χ2v) is 6.59. The Hall–Kier alpha value is -2.16. The Bertz CT molecular complexity index is 646. The smallest absolute Gasteiger partial charge is 0.335 e. The van der Waals surface area contributed by atoms with Crippen molar-refractivity contribution in [3.63, 3.8) is 0 Å². The van der Waals surface area contributed by atoms with Crippen molar-refractivity contribution in [2.24, 2.45) is 0 Å². The van der Waals surface area contributed by atoms with Crippen LogP contribution in [0.1, 0.15) is 20.3 Å². The predicted octanol–water partition coefficient (Wildman–Crippen LogP) is 1.06. The van der Waals surface area contributed by atoms with Gasteiger partial charge < -0.3 is 29.3 Å². The third kappa shape index (κ3) is 4.72. The molecule has 1 fully saturated rings. The second-order valence-electron chi connectivity index (χ2n) is 6.59. The van der Waals surface area contributed by atoms with E-state index in [0.717, 1.165) is 0 Å². The fraction of sp³-hybridized carbons (Fsp3) is 0.556. The van der Waals surface area contributed by atoms with E-state index in [0.29, 0.717) is 24.5 Å². The first-order valence-corrected chi connectivity index (χ1v) is 8.37. The number of rotatable bonds is 8. The van der Waals surface area contributed by atoms with Crippen molar-refractivity contribution in [3.8, 4) is 5.75 Å². The average Bonchev–Trinajstić information content (AvgIpc) is 2.62. The number of aliphatic carboxylic acids is 1. The van der Waals surface area contributed by atoms with Crippen LogP contribution in [0.5, 0.6) is 5.75 Å². The molecule has 0 spiro atoms. The van der Waals surface area contributed by atoms with E-state index in [1.54, 1.807) is 31.4 Å². The van der Waals surface area contributed by atoms with Crippen molar-refractivity contribution >= 4 is 17.6 Å². The van der Waals surface area contributed by atoms with Crippen molar-refractivity contribution in [2.45, 2.75) is 38.1 Å². The van der Waals surface area contributed by atoms with E-state index in [2.05, 4.69) is 0 Å². The Balaban J connectivity index is 2.15. The number of amides is 1. The molecule has 26 heavy (non-hydrogen) atoms. The van der Waals surface area contributed by atoms with Gasteiger partial charge in [0.25, 0.3) is 5.91 Å².